The monoisotopic (exact) mass is 416 g/mol. The zero-order chi connectivity index (χ0) is 21.1. The van der Waals surface area contributed by atoms with E-state index in [-0.39, 0.29) is 23.7 Å². The first-order chi connectivity index (χ1) is 13.9. The molecule has 154 valence electrons. The number of esters is 1. The average molecular weight is 416 g/mol. The van der Waals surface area contributed by atoms with E-state index in [1.165, 1.54) is 29.1 Å². The van der Waals surface area contributed by atoms with Crippen LogP contribution in [0.15, 0.2) is 33.6 Å². The fourth-order valence-electron chi connectivity index (χ4n) is 3.24. The highest BCUT2D eigenvalue weighted by Gasteiger charge is 2.31. The van der Waals surface area contributed by atoms with E-state index in [0.29, 0.717) is 26.2 Å². The largest absolute Gasteiger partial charge is 0.504 e. The number of aromatic hydroxyl groups is 1. The van der Waals surface area contributed by atoms with E-state index in [1.54, 1.807) is 26.0 Å². The summed E-state index contributed by atoms with van der Waals surface area (Å²) in [4.78, 5) is 30.9. The Balaban J connectivity index is 2.27. The first kappa shape index (κ1) is 20.9. The average Bonchev–Trinajstić information content (AvgIpc) is 3.02. The fraction of sp³-hybridized carbons (Fsp3) is 0.381. The molecule has 0 aliphatic carbocycles. The number of unbranched alkanes of at least 4 members (excludes halogenated alkanes) is 1. The second-order valence-corrected chi connectivity index (χ2v) is 7.57. The lowest BCUT2D eigenvalue weighted by Crippen LogP contribution is -2.35. The predicted octanol–water partition coefficient (Wildman–Crippen LogP) is 2.37. The number of thiazole rings is 1. The van der Waals surface area contributed by atoms with Gasteiger partial charge in [-0.3, -0.25) is 9.36 Å². The lowest BCUT2D eigenvalue weighted by atomic mass is 9.96. The van der Waals surface area contributed by atoms with Gasteiger partial charge in [0.15, 0.2) is 16.3 Å². The van der Waals surface area contributed by atoms with Gasteiger partial charge in [0.05, 0.1) is 23.8 Å². The van der Waals surface area contributed by atoms with Crippen LogP contribution in [0.1, 0.15) is 45.2 Å². The van der Waals surface area contributed by atoms with Crippen molar-refractivity contribution in [2.45, 2.75) is 39.7 Å². The summed E-state index contributed by atoms with van der Waals surface area (Å²) < 4.78 is 12.5. The van der Waals surface area contributed by atoms with E-state index < -0.39 is 12.0 Å². The standard InChI is InChI=1S/C21H24N2O5S/c1-5-7-8-16-19(25)23-12(3)17(20(26)28-6-2)18(22-21(23)29-16)13-9-10-14(24)15(11-13)27-4/h8-11,18,24H,5-7H2,1-4H3/b16-8-/t18-/m1/s1. The van der Waals surface area contributed by atoms with Crippen LogP contribution in [0.5, 0.6) is 11.5 Å². The minimum absolute atomic E-state index is 0.00469. The Hall–Kier alpha value is -2.87. The van der Waals surface area contributed by atoms with Crippen LogP contribution in [0.2, 0.25) is 0 Å². The molecule has 1 aromatic heterocycles. The van der Waals surface area contributed by atoms with E-state index >= 15 is 0 Å². The summed E-state index contributed by atoms with van der Waals surface area (Å²) >= 11 is 1.31. The summed E-state index contributed by atoms with van der Waals surface area (Å²) in [6, 6.07) is 4.16. The van der Waals surface area contributed by atoms with Crippen LogP contribution < -0.4 is 19.6 Å². The van der Waals surface area contributed by atoms with E-state index in [0.717, 1.165) is 12.8 Å². The number of hydrogen-bond acceptors (Lipinski definition) is 7. The molecule has 0 amide bonds. The Morgan fingerprint density at radius 1 is 1.38 bits per heavy atom. The highest BCUT2D eigenvalue weighted by atomic mass is 32.1. The quantitative estimate of drug-likeness (QED) is 0.730. The maximum absolute atomic E-state index is 12.9. The minimum atomic E-state index is -0.666. The van der Waals surface area contributed by atoms with Crippen LogP contribution in [0.4, 0.5) is 0 Å². The van der Waals surface area contributed by atoms with Crippen LogP contribution in [0, 0.1) is 0 Å². The third kappa shape index (κ3) is 3.85. The van der Waals surface area contributed by atoms with Gasteiger partial charge in [0.2, 0.25) is 0 Å². The van der Waals surface area contributed by atoms with E-state index in [9.17, 15) is 14.7 Å². The molecule has 1 atom stereocenters. The highest BCUT2D eigenvalue weighted by molar-refractivity contribution is 7.07. The lowest BCUT2D eigenvalue weighted by molar-refractivity contribution is -0.138. The number of carbonyl (C=O) groups is 1. The molecule has 0 fully saturated rings. The molecule has 1 aliphatic heterocycles. The molecule has 0 bridgehead atoms. The van der Waals surface area contributed by atoms with Crippen LogP contribution >= 0.6 is 11.3 Å². The Morgan fingerprint density at radius 3 is 2.79 bits per heavy atom. The molecule has 0 unspecified atom stereocenters. The Kier molecular flexibility index (Phi) is 6.22. The van der Waals surface area contributed by atoms with Crippen molar-refractivity contribution in [3.05, 3.63) is 49.0 Å². The number of benzene rings is 1. The number of aromatic nitrogens is 1. The van der Waals surface area contributed by atoms with Gasteiger partial charge in [0, 0.05) is 5.70 Å². The summed E-state index contributed by atoms with van der Waals surface area (Å²) in [6.45, 7) is 5.71. The SMILES string of the molecule is CCC/C=c1\sc2n(c1=O)C(C)=C(C(=O)OCC)[C@@H](c1ccc(O)c(OC)c1)N=2. The highest BCUT2D eigenvalue weighted by Crippen LogP contribution is 2.36. The van der Waals surface area contributed by atoms with Gasteiger partial charge in [-0.15, -0.1) is 0 Å². The van der Waals surface area contributed by atoms with Gasteiger partial charge in [0.1, 0.15) is 6.04 Å². The second-order valence-electron chi connectivity index (χ2n) is 6.56. The molecular weight excluding hydrogens is 392 g/mol. The fourth-order valence-corrected chi connectivity index (χ4v) is 4.28. The van der Waals surface area contributed by atoms with Crippen molar-refractivity contribution in [3.8, 4) is 11.5 Å². The van der Waals surface area contributed by atoms with Crippen molar-refractivity contribution >= 4 is 29.1 Å². The summed E-state index contributed by atoms with van der Waals surface area (Å²) in [7, 11) is 1.46. The molecule has 2 aromatic rings. The van der Waals surface area contributed by atoms with Crippen molar-refractivity contribution in [2.75, 3.05) is 13.7 Å². The number of nitrogens with zero attached hydrogens (tertiary/aromatic N) is 2. The normalized spacial score (nSPS) is 16.4. The maximum Gasteiger partial charge on any atom is 0.338 e. The number of rotatable bonds is 6. The van der Waals surface area contributed by atoms with E-state index in [4.69, 9.17) is 14.5 Å². The number of phenolic OH excluding ortho intramolecular Hbond substituents is 1. The summed E-state index contributed by atoms with van der Waals surface area (Å²) in [6.07, 6.45) is 3.63. The molecule has 7 nitrogen and oxygen atoms in total. The molecule has 1 N–H and O–H groups in total. The number of hydrogen-bond donors (Lipinski definition) is 1. The van der Waals surface area contributed by atoms with Crippen molar-refractivity contribution in [3.63, 3.8) is 0 Å². The van der Waals surface area contributed by atoms with Crippen LogP contribution in [0.3, 0.4) is 0 Å². The third-order valence-corrected chi connectivity index (χ3v) is 5.71. The maximum atomic E-state index is 12.9. The zero-order valence-corrected chi connectivity index (χ0v) is 17.7. The summed E-state index contributed by atoms with van der Waals surface area (Å²) in [5, 5.41) is 9.92. The third-order valence-electron chi connectivity index (χ3n) is 4.68. The smallest absolute Gasteiger partial charge is 0.338 e. The molecule has 0 saturated carbocycles. The van der Waals surface area contributed by atoms with Crippen molar-refractivity contribution in [1.82, 2.24) is 4.57 Å². The van der Waals surface area contributed by atoms with E-state index in [2.05, 4.69) is 0 Å². The lowest BCUT2D eigenvalue weighted by Gasteiger charge is -2.22. The van der Waals surface area contributed by atoms with Gasteiger partial charge in [-0.25, -0.2) is 9.79 Å². The van der Waals surface area contributed by atoms with Crippen LogP contribution in [-0.2, 0) is 9.53 Å². The number of allylic oxidation sites excluding steroid dienone is 1. The van der Waals surface area contributed by atoms with Crippen molar-refractivity contribution in [2.24, 2.45) is 4.99 Å². The molecule has 1 aromatic carbocycles. The molecular formula is C21H24N2O5S. The van der Waals surface area contributed by atoms with Gasteiger partial charge >= 0.3 is 5.97 Å². The Bertz CT molecular complexity index is 1140. The Labute approximate surface area is 172 Å². The van der Waals surface area contributed by atoms with Gasteiger partial charge in [-0.05, 0) is 38.0 Å². The zero-order valence-electron chi connectivity index (χ0n) is 16.9. The Morgan fingerprint density at radius 2 is 2.14 bits per heavy atom. The predicted molar refractivity (Wildman–Crippen MR) is 112 cm³/mol. The van der Waals surface area contributed by atoms with Gasteiger partial charge < -0.3 is 14.6 Å². The topological polar surface area (TPSA) is 90.1 Å². The number of carbonyl (C=O) groups excluding carboxylic acids is 1. The molecule has 3 rings (SSSR count). The first-order valence-corrected chi connectivity index (χ1v) is 10.3. The minimum Gasteiger partial charge on any atom is -0.504 e. The number of methoxy groups -OCH3 is 1. The van der Waals surface area contributed by atoms with Crippen molar-refractivity contribution in [1.29, 1.82) is 0 Å². The number of phenols is 1. The van der Waals surface area contributed by atoms with Crippen LogP contribution in [-0.4, -0.2) is 29.4 Å². The van der Waals surface area contributed by atoms with Gasteiger partial charge in [-0.2, -0.15) is 0 Å². The van der Waals surface area contributed by atoms with Gasteiger partial charge in [-0.1, -0.05) is 36.8 Å². The van der Waals surface area contributed by atoms with Crippen molar-refractivity contribution < 1.29 is 19.4 Å². The second kappa shape index (κ2) is 8.65. The molecule has 0 spiro atoms. The number of ether oxygens (including phenoxy) is 2. The molecule has 8 heteroatoms. The number of fused-ring (bicyclic) bond motifs is 1. The first-order valence-electron chi connectivity index (χ1n) is 9.47. The summed E-state index contributed by atoms with van der Waals surface area (Å²) in [5.74, 6) is -0.242. The molecule has 1 aliphatic rings. The summed E-state index contributed by atoms with van der Waals surface area (Å²) in [5.41, 5.74) is 1.29. The van der Waals surface area contributed by atoms with Crippen LogP contribution in [0.25, 0.3) is 11.8 Å². The van der Waals surface area contributed by atoms with E-state index in [1.807, 2.05) is 13.0 Å². The molecule has 2 heterocycles. The molecule has 0 saturated heterocycles. The van der Waals surface area contributed by atoms with Gasteiger partial charge in [0.25, 0.3) is 5.56 Å². The molecule has 29 heavy (non-hydrogen) atoms. The molecule has 0 radical (unpaired) electrons.